The van der Waals surface area contributed by atoms with Crippen molar-refractivity contribution in [3.63, 3.8) is 0 Å². The maximum absolute atomic E-state index is 6.09. The molecule has 2 heteroatoms. The molecular weight excluding hydrogens is 206 g/mol. The molecule has 0 N–H and O–H groups in total. The van der Waals surface area contributed by atoms with Gasteiger partial charge in [0.25, 0.3) is 0 Å². The van der Waals surface area contributed by atoms with Crippen LogP contribution in [0.5, 0.6) is 0 Å². The van der Waals surface area contributed by atoms with Crippen molar-refractivity contribution in [3.8, 4) is 0 Å². The van der Waals surface area contributed by atoms with Gasteiger partial charge >= 0.3 is 0 Å². The Kier molecular flexibility index (Phi) is 6.14. The maximum Gasteiger partial charge on any atom is 0.0389 e. The molecule has 0 saturated heterocycles. The summed E-state index contributed by atoms with van der Waals surface area (Å²) >= 11 is 6.09. The first-order valence-electron chi connectivity index (χ1n) is 5.42. The molecule has 0 fully saturated rings. The van der Waals surface area contributed by atoms with E-state index in [2.05, 4.69) is 31.2 Å². The summed E-state index contributed by atoms with van der Waals surface area (Å²) in [6.45, 7) is 3.84. The Hall–Kier alpha value is -0.790. The van der Waals surface area contributed by atoms with E-state index in [1.165, 1.54) is 5.56 Å². The van der Waals surface area contributed by atoms with Gasteiger partial charge in [-0.05, 0) is 30.2 Å². The van der Waals surface area contributed by atoms with Gasteiger partial charge in [-0.3, -0.25) is 0 Å². The molecule has 1 rings (SSSR count). The number of hydrogen-bond donors (Lipinski definition) is 0. The standard InChI is InChI=1S/C13H18ClN/c1-2-3-4-8-11-15(14)12-13-9-6-5-7-10-13/h3-7,9-10H,2,8,11-12H2,1H3/b4-3-. The van der Waals surface area contributed by atoms with Crippen LogP contribution in [0.4, 0.5) is 0 Å². The molecule has 82 valence electrons. The quantitative estimate of drug-likeness (QED) is 0.521. The first kappa shape index (κ1) is 12.3. The monoisotopic (exact) mass is 223 g/mol. The van der Waals surface area contributed by atoms with Crippen molar-refractivity contribution >= 4 is 11.8 Å². The summed E-state index contributed by atoms with van der Waals surface area (Å²) in [4.78, 5) is 0. The molecule has 0 aliphatic carbocycles. The van der Waals surface area contributed by atoms with Crippen LogP contribution in [0.3, 0.4) is 0 Å². The zero-order valence-electron chi connectivity index (χ0n) is 9.20. The summed E-state index contributed by atoms with van der Waals surface area (Å²) in [7, 11) is 0. The minimum Gasteiger partial charge on any atom is -0.215 e. The minimum atomic E-state index is 0.808. The van der Waals surface area contributed by atoms with Gasteiger partial charge < -0.3 is 0 Å². The normalized spacial score (nSPS) is 11.4. The van der Waals surface area contributed by atoms with E-state index in [9.17, 15) is 0 Å². The van der Waals surface area contributed by atoms with Crippen LogP contribution in [0.25, 0.3) is 0 Å². The Morgan fingerprint density at radius 2 is 1.93 bits per heavy atom. The summed E-state index contributed by atoms with van der Waals surface area (Å²) < 4.78 is 1.83. The molecule has 1 nitrogen and oxygen atoms in total. The summed E-state index contributed by atoms with van der Waals surface area (Å²) in [6.07, 6.45) is 6.47. The molecule has 0 saturated carbocycles. The lowest BCUT2D eigenvalue weighted by molar-refractivity contribution is 0.458. The smallest absolute Gasteiger partial charge is 0.0389 e. The van der Waals surface area contributed by atoms with Gasteiger partial charge in [0.2, 0.25) is 0 Å². The van der Waals surface area contributed by atoms with Crippen LogP contribution in [0, 0.1) is 0 Å². The van der Waals surface area contributed by atoms with E-state index in [-0.39, 0.29) is 0 Å². The lowest BCUT2D eigenvalue weighted by atomic mass is 10.2. The summed E-state index contributed by atoms with van der Waals surface area (Å²) in [5.74, 6) is 0. The average Bonchev–Trinajstić information content (AvgIpc) is 2.26. The minimum absolute atomic E-state index is 0.808. The van der Waals surface area contributed by atoms with E-state index in [0.717, 1.165) is 25.9 Å². The van der Waals surface area contributed by atoms with Crippen molar-refractivity contribution in [1.29, 1.82) is 0 Å². The Morgan fingerprint density at radius 3 is 2.60 bits per heavy atom. The van der Waals surface area contributed by atoms with Crippen LogP contribution in [-0.2, 0) is 6.54 Å². The third kappa shape index (κ3) is 5.60. The molecular formula is C13H18ClN. The predicted octanol–water partition coefficient (Wildman–Crippen LogP) is 4.00. The van der Waals surface area contributed by atoms with E-state index in [4.69, 9.17) is 11.8 Å². The van der Waals surface area contributed by atoms with Gasteiger partial charge in [0.05, 0.1) is 0 Å². The van der Waals surface area contributed by atoms with Crippen molar-refractivity contribution in [1.82, 2.24) is 4.42 Å². The lowest BCUT2D eigenvalue weighted by Gasteiger charge is -2.11. The molecule has 0 bridgehead atoms. The first-order valence-corrected chi connectivity index (χ1v) is 5.76. The van der Waals surface area contributed by atoms with Gasteiger partial charge in [-0.2, -0.15) is 0 Å². The van der Waals surface area contributed by atoms with Crippen LogP contribution in [0.1, 0.15) is 25.3 Å². The van der Waals surface area contributed by atoms with E-state index in [1.54, 1.807) is 0 Å². The molecule has 1 aromatic rings. The van der Waals surface area contributed by atoms with E-state index < -0.39 is 0 Å². The largest absolute Gasteiger partial charge is 0.215 e. The summed E-state index contributed by atoms with van der Waals surface area (Å²) in [5.41, 5.74) is 1.26. The van der Waals surface area contributed by atoms with Crippen LogP contribution in [0.15, 0.2) is 42.5 Å². The third-order valence-corrected chi connectivity index (χ3v) is 2.43. The van der Waals surface area contributed by atoms with E-state index in [1.807, 2.05) is 22.6 Å². The molecule has 0 spiro atoms. The van der Waals surface area contributed by atoms with Crippen molar-refractivity contribution in [2.24, 2.45) is 0 Å². The topological polar surface area (TPSA) is 3.24 Å². The second kappa shape index (κ2) is 7.49. The second-order valence-electron chi connectivity index (χ2n) is 3.50. The fraction of sp³-hybridized carbons (Fsp3) is 0.385. The highest BCUT2D eigenvalue weighted by molar-refractivity contribution is 6.13. The summed E-state index contributed by atoms with van der Waals surface area (Å²) in [6, 6.07) is 10.3. The molecule has 15 heavy (non-hydrogen) atoms. The van der Waals surface area contributed by atoms with Crippen molar-refractivity contribution in [2.75, 3.05) is 6.54 Å². The molecule has 0 atom stereocenters. The predicted molar refractivity (Wildman–Crippen MR) is 66.8 cm³/mol. The molecule has 0 aromatic heterocycles. The zero-order valence-corrected chi connectivity index (χ0v) is 9.95. The van der Waals surface area contributed by atoms with Crippen LogP contribution < -0.4 is 0 Å². The second-order valence-corrected chi connectivity index (χ2v) is 3.98. The van der Waals surface area contributed by atoms with Crippen molar-refractivity contribution < 1.29 is 0 Å². The number of benzene rings is 1. The van der Waals surface area contributed by atoms with Gasteiger partial charge in [0, 0.05) is 13.1 Å². The average molecular weight is 224 g/mol. The Morgan fingerprint density at radius 1 is 1.20 bits per heavy atom. The third-order valence-electron chi connectivity index (χ3n) is 2.14. The van der Waals surface area contributed by atoms with Crippen LogP contribution in [0.2, 0.25) is 0 Å². The Balaban J connectivity index is 2.24. The SMILES string of the molecule is CC/C=C\CCN(Cl)Cc1ccccc1. The Labute approximate surface area is 97.5 Å². The molecule has 0 unspecified atom stereocenters. The highest BCUT2D eigenvalue weighted by atomic mass is 35.5. The van der Waals surface area contributed by atoms with Crippen molar-refractivity contribution in [3.05, 3.63) is 48.0 Å². The van der Waals surface area contributed by atoms with Crippen LogP contribution >= 0.6 is 11.8 Å². The first-order chi connectivity index (χ1) is 7.33. The van der Waals surface area contributed by atoms with Crippen molar-refractivity contribution in [2.45, 2.75) is 26.3 Å². The molecule has 0 aliphatic heterocycles. The highest BCUT2D eigenvalue weighted by Gasteiger charge is 1.99. The maximum atomic E-state index is 6.09. The molecule has 1 aromatic carbocycles. The van der Waals surface area contributed by atoms with E-state index >= 15 is 0 Å². The van der Waals surface area contributed by atoms with Gasteiger partial charge in [-0.25, -0.2) is 4.42 Å². The lowest BCUT2D eigenvalue weighted by Crippen LogP contribution is -2.12. The fourth-order valence-corrected chi connectivity index (χ4v) is 1.60. The Bertz CT molecular complexity index is 282. The van der Waals surface area contributed by atoms with E-state index in [0.29, 0.717) is 0 Å². The number of halogens is 1. The molecule has 0 radical (unpaired) electrons. The van der Waals surface area contributed by atoms with Gasteiger partial charge in [0.15, 0.2) is 0 Å². The number of allylic oxidation sites excluding steroid dienone is 1. The zero-order chi connectivity index (χ0) is 10.9. The van der Waals surface area contributed by atoms with Gasteiger partial charge in [0.1, 0.15) is 0 Å². The summed E-state index contributed by atoms with van der Waals surface area (Å²) in [5, 5.41) is 0. The van der Waals surface area contributed by atoms with Gasteiger partial charge in [-0.15, -0.1) is 0 Å². The molecule has 0 heterocycles. The number of nitrogens with zero attached hydrogens (tertiary/aromatic N) is 1. The van der Waals surface area contributed by atoms with Gasteiger partial charge in [-0.1, -0.05) is 49.4 Å². The molecule has 0 aliphatic rings. The fourth-order valence-electron chi connectivity index (χ4n) is 1.36. The van der Waals surface area contributed by atoms with Crippen LogP contribution in [-0.4, -0.2) is 11.0 Å². The number of hydrogen-bond acceptors (Lipinski definition) is 1. The molecule has 0 amide bonds. The highest BCUT2D eigenvalue weighted by Crippen LogP contribution is 2.07. The number of rotatable bonds is 6.